The van der Waals surface area contributed by atoms with Crippen LogP contribution in [0, 0.1) is 5.92 Å². The van der Waals surface area contributed by atoms with Gasteiger partial charge in [0.05, 0.1) is 18.6 Å². The van der Waals surface area contributed by atoms with E-state index < -0.39 is 0 Å². The highest BCUT2D eigenvalue weighted by Crippen LogP contribution is 2.49. The lowest BCUT2D eigenvalue weighted by molar-refractivity contribution is 0.149. The first kappa shape index (κ1) is 10.6. The largest absolute Gasteiger partial charge is 0.472 e. The first-order chi connectivity index (χ1) is 8.34. The van der Waals surface area contributed by atoms with E-state index in [4.69, 9.17) is 4.42 Å². The van der Waals surface area contributed by atoms with E-state index in [1.54, 1.807) is 12.5 Å². The molecule has 0 bridgehead atoms. The van der Waals surface area contributed by atoms with Crippen molar-refractivity contribution in [3.63, 3.8) is 0 Å². The molecule has 1 saturated carbocycles. The van der Waals surface area contributed by atoms with Gasteiger partial charge in [0.15, 0.2) is 0 Å². The van der Waals surface area contributed by atoms with Crippen molar-refractivity contribution in [2.24, 2.45) is 5.92 Å². The van der Waals surface area contributed by atoms with Crippen LogP contribution in [0.5, 0.6) is 0 Å². The minimum absolute atomic E-state index is 0.252. The molecule has 0 aliphatic heterocycles. The van der Waals surface area contributed by atoms with E-state index in [1.165, 1.54) is 5.56 Å². The van der Waals surface area contributed by atoms with Crippen molar-refractivity contribution in [3.05, 3.63) is 60.1 Å². The van der Waals surface area contributed by atoms with Crippen molar-refractivity contribution in [1.29, 1.82) is 0 Å². The molecule has 88 valence electrons. The van der Waals surface area contributed by atoms with Crippen LogP contribution in [0.4, 0.5) is 0 Å². The second-order valence-electron chi connectivity index (χ2n) is 4.82. The third-order valence-electron chi connectivity index (χ3n) is 3.59. The van der Waals surface area contributed by atoms with Gasteiger partial charge >= 0.3 is 0 Å². The zero-order valence-electron chi connectivity index (χ0n) is 9.62. The van der Waals surface area contributed by atoms with Crippen LogP contribution in [0.1, 0.15) is 23.5 Å². The van der Waals surface area contributed by atoms with E-state index in [-0.39, 0.29) is 6.10 Å². The minimum atomic E-state index is -0.252. The number of aliphatic hydroxyl groups is 1. The number of benzene rings is 1. The van der Waals surface area contributed by atoms with Crippen LogP contribution < -0.4 is 0 Å². The predicted octanol–water partition coefficient (Wildman–Crippen LogP) is 2.99. The third kappa shape index (κ3) is 2.27. The van der Waals surface area contributed by atoms with Crippen LogP contribution in [0.3, 0.4) is 0 Å². The number of furan rings is 1. The summed E-state index contributed by atoms with van der Waals surface area (Å²) in [7, 11) is 0. The fourth-order valence-corrected chi connectivity index (χ4v) is 2.53. The van der Waals surface area contributed by atoms with Gasteiger partial charge in [-0.25, -0.2) is 0 Å². The third-order valence-corrected chi connectivity index (χ3v) is 3.59. The Morgan fingerprint density at radius 1 is 1.24 bits per heavy atom. The van der Waals surface area contributed by atoms with Crippen LogP contribution in [-0.2, 0) is 6.42 Å². The van der Waals surface area contributed by atoms with E-state index in [2.05, 4.69) is 24.3 Å². The van der Waals surface area contributed by atoms with Crippen molar-refractivity contribution >= 4 is 0 Å². The molecule has 1 N–H and O–H groups in total. The maximum absolute atomic E-state index is 10.2. The predicted molar refractivity (Wildman–Crippen MR) is 65.7 cm³/mol. The average Bonchev–Trinajstić information content (AvgIpc) is 3.02. The molecule has 3 atom stereocenters. The van der Waals surface area contributed by atoms with Crippen molar-refractivity contribution < 1.29 is 9.52 Å². The molecule has 3 rings (SSSR count). The first-order valence-electron chi connectivity index (χ1n) is 6.08. The number of aliphatic hydroxyl groups excluding tert-OH is 1. The molecule has 1 fully saturated rings. The molecule has 1 aliphatic rings. The lowest BCUT2D eigenvalue weighted by atomic mass is 10.0. The average molecular weight is 228 g/mol. The Bertz CT molecular complexity index is 461. The summed E-state index contributed by atoms with van der Waals surface area (Å²) < 4.78 is 5.02. The Balaban J connectivity index is 1.61. The molecule has 2 heteroatoms. The molecule has 3 unspecified atom stereocenters. The van der Waals surface area contributed by atoms with Gasteiger partial charge in [0.25, 0.3) is 0 Å². The summed E-state index contributed by atoms with van der Waals surface area (Å²) in [4.78, 5) is 0. The molecular weight excluding hydrogens is 212 g/mol. The molecule has 0 radical (unpaired) electrons. The lowest BCUT2D eigenvalue weighted by Gasteiger charge is -2.08. The van der Waals surface area contributed by atoms with E-state index in [1.807, 2.05) is 12.1 Å². The highest BCUT2D eigenvalue weighted by molar-refractivity contribution is 5.26. The van der Waals surface area contributed by atoms with Crippen LogP contribution in [-0.4, -0.2) is 11.2 Å². The Kier molecular flexibility index (Phi) is 2.73. The fraction of sp³-hybridized carbons (Fsp3) is 0.333. The van der Waals surface area contributed by atoms with Gasteiger partial charge < -0.3 is 9.52 Å². The smallest absolute Gasteiger partial charge is 0.0935 e. The highest BCUT2D eigenvalue weighted by Gasteiger charge is 2.43. The normalized spacial score (nSPS) is 24.5. The lowest BCUT2D eigenvalue weighted by Crippen LogP contribution is -2.13. The first-order valence-corrected chi connectivity index (χ1v) is 6.08. The van der Waals surface area contributed by atoms with Gasteiger partial charge in [-0.1, -0.05) is 30.3 Å². The van der Waals surface area contributed by atoms with Gasteiger partial charge in [0, 0.05) is 6.42 Å². The Morgan fingerprint density at radius 2 is 2.06 bits per heavy atom. The van der Waals surface area contributed by atoms with Crippen LogP contribution in [0.25, 0.3) is 0 Å². The molecule has 2 aromatic rings. The van der Waals surface area contributed by atoms with Crippen molar-refractivity contribution in [1.82, 2.24) is 0 Å². The van der Waals surface area contributed by atoms with Crippen molar-refractivity contribution in [2.75, 3.05) is 0 Å². The molecule has 0 saturated heterocycles. The van der Waals surface area contributed by atoms with E-state index in [0.29, 0.717) is 18.3 Å². The topological polar surface area (TPSA) is 33.4 Å². The van der Waals surface area contributed by atoms with Gasteiger partial charge in [-0.05, 0) is 35.4 Å². The summed E-state index contributed by atoms with van der Waals surface area (Å²) >= 11 is 0. The van der Waals surface area contributed by atoms with Gasteiger partial charge in [0.2, 0.25) is 0 Å². The van der Waals surface area contributed by atoms with Gasteiger partial charge in [-0.15, -0.1) is 0 Å². The standard InChI is InChI=1S/C15H16O2/c16-15(8-11-6-7-17-10-11)14-9-13(14)12-4-2-1-3-5-12/h1-7,10,13-16H,8-9H2. The number of hydrogen-bond acceptors (Lipinski definition) is 2. The summed E-state index contributed by atoms with van der Waals surface area (Å²) in [6.07, 6.45) is 4.91. The van der Waals surface area contributed by atoms with E-state index in [0.717, 1.165) is 12.0 Å². The monoisotopic (exact) mass is 228 g/mol. The SMILES string of the molecule is OC(Cc1ccoc1)C1CC1c1ccccc1. The summed E-state index contributed by atoms with van der Waals surface area (Å²) in [5.74, 6) is 0.949. The molecule has 2 nitrogen and oxygen atoms in total. The molecule has 1 aromatic carbocycles. The summed E-state index contributed by atoms with van der Waals surface area (Å²) in [5.41, 5.74) is 2.43. The van der Waals surface area contributed by atoms with Crippen LogP contribution in [0.15, 0.2) is 53.3 Å². The zero-order chi connectivity index (χ0) is 11.7. The number of hydrogen-bond donors (Lipinski definition) is 1. The maximum Gasteiger partial charge on any atom is 0.0935 e. The summed E-state index contributed by atoms with van der Waals surface area (Å²) in [5, 5.41) is 10.2. The fourth-order valence-electron chi connectivity index (χ4n) is 2.53. The minimum Gasteiger partial charge on any atom is -0.472 e. The molecule has 0 spiro atoms. The molecule has 1 aliphatic carbocycles. The quantitative estimate of drug-likeness (QED) is 0.872. The van der Waals surface area contributed by atoms with Crippen molar-refractivity contribution in [3.8, 4) is 0 Å². The maximum atomic E-state index is 10.2. The van der Waals surface area contributed by atoms with E-state index >= 15 is 0 Å². The van der Waals surface area contributed by atoms with Gasteiger partial charge in [-0.2, -0.15) is 0 Å². The Hall–Kier alpha value is -1.54. The number of rotatable bonds is 4. The van der Waals surface area contributed by atoms with Crippen molar-refractivity contribution in [2.45, 2.75) is 24.9 Å². The molecular formula is C15H16O2. The van der Waals surface area contributed by atoms with Gasteiger partial charge in [0.1, 0.15) is 0 Å². The zero-order valence-corrected chi connectivity index (χ0v) is 9.62. The molecule has 1 aromatic heterocycles. The van der Waals surface area contributed by atoms with Gasteiger partial charge in [-0.3, -0.25) is 0 Å². The van der Waals surface area contributed by atoms with Crippen LogP contribution >= 0.6 is 0 Å². The molecule has 1 heterocycles. The second-order valence-corrected chi connectivity index (χ2v) is 4.82. The summed E-state index contributed by atoms with van der Waals surface area (Å²) in [6, 6.07) is 12.4. The Morgan fingerprint density at radius 3 is 2.76 bits per heavy atom. The Labute approximate surface area is 101 Å². The second kappa shape index (κ2) is 4.38. The molecule has 17 heavy (non-hydrogen) atoms. The van der Waals surface area contributed by atoms with Crippen LogP contribution in [0.2, 0.25) is 0 Å². The summed E-state index contributed by atoms with van der Waals surface area (Å²) in [6.45, 7) is 0. The van der Waals surface area contributed by atoms with E-state index in [9.17, 15) is 5.11 Å². The molecule has 0 amide bonds. The highest BCUT2D eigenvalue weighted by atomic mass is 16.3.